The van der Waals surface area contributed by atoms with Crippen LogP contribution in [0.1, 0.15) is 54.5 Å². The van der Waals surface area contributed by atoms with Gasteiger partial charge in [0.25, 0.3) is 5.91 Å². The first-order valence-corrected chi connectivity index (χ1v) is 6.40. The minimum atomic E-state index is -0.845. The molecule has 0 aliphatic heterocycles. The highest BCUT2D eigenvalue weighted by atomic mass is 16.4. The summed E-state index contributed by atoms with van der Waals surface area (Å²) >= 11 is 0. The highest BCUT2D eigenvalue weighted by molar-refractivity contribution is 5.95. The fraction of sp³-hybridized carbons (Fsp3) is 0.571. The number of carboxylic acid groups (broad SMARTS) is 1. The molecule has 19 heavy (non-hydrogen) atoms. The topological polar surface area (TPSA) is 70.8 Å². The summed E-state index contributed by atoms with van der Waals surface area (Å²) in [6.45, 7) is 6.20. The van der Waals surface area contributed by atoms with Crippen LogP contribution in [-0.4, -0.2) is 35.5 Å². The van der Waals surface area contributed by atoms with Crippen LogP contribution >= 0.6 is 0 Å². The molecule has 1 heterocycles. The maximum Gasteiger partial charge on any atom is 0.303 e. The third-order valence-corrected chi connectivity index (χ3v) is 2.97. The largest absolute Gasteiger partial charge is 0.481 e. The quantitative estimate of drug-likeness (QED) is 0.860. The second-order valence-electron chi connectivity index (χ2n) is 5.00. The van der Waals surface area contributed by atoms with Crippen LogP contribution in [0.2, 0.25) is 0 Å². The van der Waals surface area contributed by atoms with Crippen molar-refractivity contribution in [1.82, 2.24) is 4.90 Å². The van der Waals surface area contributed by atoms with Gasteiger partial charge in [0.15, 0.2) is 0 Å². The number of furan rings is 1. The van der Waals surface area contributed by atoms with Gasteiger partial charge in [0.2, 0.25) is 0 Å². The molecule has 1 amide bonds. The fourth-order valence-corrected chi connectivity index (χ4v) is 1.78. The third-order valence-electron chi connectivity index (χ3n) is 2.97. The summed E-state index contributed by atoms with van der Waals surface area (Å²) in [5.41, 5.74) is 0.557. The molecule has 0 spiro atoms. The summed E-state index contributed by atoms with van der Waals surface area (Å²) in [4.78, 5) is 24.2. The van der Waals surface area contributed by atoms with Gasteiger partial charge >= 0.3 is 5.97 Å². The number of aliphatic carboxylic acids is 1. The van der Waals surface area contributed by atoms with E-state index in [0.29, 0.717) is 24.3 Å². The number of carbonyl (C=O) groups is 2. The van der Waals surface area contributed by atoms with E-state index in [4.69, 9.17) is 9.52 Å². The molecule has 0 aromatic carbocycles. The van der Waals surface area contributed by atoms with E-state index < -0.39 is 5.97 Å². The number of hydrogen-bond acceptors (Lipinski definition) is 3. The molecule has 5 nitrogen and oxygen atoms in total. The molecular formula is C14H21NO4. The number of amides is 1. The Labute approximate surface area is 113 Å². The first-order valence-electron chi connectivity index (χ1n) is 6.40. The van der Waals surface area contributed by atoms with Gasteiger partial charge in [-0.3, -0.25) is 9.59 Å². The van der Waals surface area contributed by atoms with E-state index in [0.717, 1.165) is 5.76 Å². The number of rotatable bonds is 6. The fourth-order valence-electron chi connectivity index (χ4n) is 1.78. The Balaban J connectivity index is 2.68. The molecule has 0 radical (unpaired) electrons. The standard InChI is InChI=1S/C14H21NO4/c1-9(2)12-8-11(10(3)19-12)14(18)15(4)7-5-6-13(16)17/h8-9H,5-7H2,1-4H3,(H,16,17). The minimum Gasteiger partial charge on any atom is -0.481 e. The Morgan fingerprint density at radius 2 is 2.05 bits per heavy atom. The zero-order valence-corrected chi connectivity index (χ0v) is 11.9. The molecule has 0 atom stereocenters. The molecule has 5 heteroatoms. The van der Waals surface area contributed by atoms with Crippen LogP contribution in [0, 0.1) is 6.92 Å². The third kappa shape index (κ3) is 4.12. The molecule has 0 aliphatic carbocycles. The first-order chi connectivity index (χ1) is 8.82. The maximum atomic E-state index is 12.2. The average molecular weight is 267 g/mol. The van der Waals surface area contributed by atoms with Crippen LogP contribution in [0.5, 0.6) is 0 Å². The molecular weight excluding hydrogens is 246 g/mol. The van der Waals surface area contributed by atoms with Crippen molar-refractivity contribution in [2.24, 2.45) is 0 Å². The molecule has 1 aromatic heterocycles. The van der Waals surface area contributed by atoms with Gasteiger partial charge in [-0.15, -0.1) is 0 Å². The molecule has 0 saturated carbocycles. The molecule has 106 valence electrons. The molecule has 1 rings (SSSR count). The maximum absolute atomic E-state index is 12.2. The van der Waals surface area contributed by atoms with Gasteiger partial charge in [-0.25, -0.2) is 0 Å². The van der Waals surface area contributed by atoms with E-state index in [2.05, 4.69) is 0 Å². The van der Waals surface area contributed by atoms with Crippen molar-refractivity contribution < 1.29 is 19.1 Å². The van der Waals surface area contributed by atoms with E-state index in [1.54, 1.807) is 20.0 Å². The van der Waals surface area contributed by atoms with Crippen LogP contribution < -0.4 is 0 Å². The van der Waals surface area contributed by atoms with Crippen molar-refractivity contribution in [2.75, 3.05) is 13.6 Å². The first kappa shape index (κ1) is 15.3. The van der Waals surface area contributed by atoms with E-state index in [-0.39, 0.29) is 18.2 Å². The number of aryl methyl sites for hydroxylation is 1. The van der Waals surface area contributed by atoms with Crippen LogP contribution in [0.25, 0.3) is 0 Å². The molecule has 0 fully saturated rings. The van der Waals surface area contributed by atoms with Gasteiger partial charge in [-0.1, -0.05) is 13.8 Å². The van der Waals surface area contributed by atoms with Crippen LogP contribution in [0.3, 0.4) is 0 Å². The number of hydrogen-bond donors (Lipinski definition) is 1. The predicted octanol–water partition coefficient (Wildman–Crippen LogP) is 2.65. The minimum absolute atomic E-state index is 0.0687. The SMILES string of the molecule is Cc1oc(C(C)C)cc1C(=O)N(C)CCCC(=O)O. The zero-order valence-electron chi connectivity index (χ0n) is 11.9. The summed E-state index contributed by atoms with van der Waals surface area (Å²) < 4.78 is 5.55. The number of nitrogens with zero attached hydrogens (tertiary/aromatic N) is 1. The summed E-state index contributed by atoms with van der Waals surface area (Å²) in [5, 5.41) is 8.57. The van der Waals surface area contributed by atoms with Gasteiger partial charge in [0, 0.05) is 25.9 Å². The highest BCUT2D eigenvalue weighted by Crippen LogP contribution is 2.22. The lowest BCUT2D eigenvalue weighted by atomic mass is 10.1. The van der Waals surface area contributed by atoms with Gasteiger partial charge < -0.3 is 14.4 Å². The number of carboxylic acids is 1. The molecule has 1 aromatic rings. The zero-order chi connectivity index (χ0) is 14.6. The van der Waals surface area contributed by atoms with Gasteiger partial charge in [-0.2, -0.15) is 0 Å². The Morgan fingerprint density at radius 1 is 1.42 bits per heavy atom. The van der Waals surface area contributed by atoms with E-state index >= 15 is 0 Å². The monoisotopic (exact) mass is 267 g/mol. The van der Waals surface area contributed by atoms with Crippen molar-refractivity contribution in [3.05, 3.63) is 23.2 Å². The Bertz CT molecular complexity index is 462. The van der Waals surface area contributed by atoms with Gasteiger partial charge in [0.1, 0.15) is 11.5 Å². The number of carbonyl (C=O) groups excluding carboxylic acids is 1. The summed E-state index contributed by atoms with van der Waals surface area (Å²) in [5.74, 6) is 0.664. The van der Waals surface area contributed by atoms with E-state index in [1.165, 1.54) is 4.90 Å². The van der Waals surface area contributed by atoms with Gasteiger partial charge in [0.05, 0.1) is 5.56 Å². The molecule has 0 bridgehead atoms. The second-order valence-corrected chi connectivity index (χ2v) is 5.00. The Hall–Kier alpha value is -1.78. The van der Waals surface area contributed by atoms with Crippen molar-refractivity contribution in [3.8, 4) is 0 Å². The summed E-state index contributed by atoms with van der Waals surface area (Å²) in [7, 11) is 1.67. The summed E-state index contributed by atoms with van der Waals surface area (Å²) in [6.07, 6.45) is 0.519. The lowest BCUT2D eigenvalue weighted by Crippen LogP contribution is -2.28. The lowest BCUT2D eigenvalue weighted by Gasteiger charge is -2.15. The normalized spacial score (nSPS) is 10.8. The van der Waals surface area contributed by atoms with Crippen LogP contribution in [-0.2, 0) is 4.79 Å². The molecule has 1 N–H and O–H groups in total. The van der Waals surface area contributed by atoms with Crippen molar-refractivity contribution in [2.45, 2.75) is 39.5 Å². The van der Waals surface area contributed by atoms with E-state index in [9.17, 15) is 9.59 Å². The predicted molar refractivity (Wildman–Crippen MR) is 71.4 cm³/mol. The van der Waals surface area contributed by atoms with Crippen molar-refractivity contribution in [1.29, 1.82) is 0 Å². The Morgan fingerprint density at radius 3 is 2.53 bits per heavy atom. The second kappa shape index (κ2) is 6.41. The van der Waals surface area contributed by atoms with Crippen molar-refractivity contribution in [3.63, 3.8) is 0 Å². The van der Waals surface area contributed by atoms with Crippen LogP contribution in [0.4, 0.5) is 0 Å². The van der Waals surface area contributed by atoms with Crippen molar-refractivity contribution >= 4 is 11.9 Å². The molecule has 0 saturated heterocycles. The molecule has 0 aliphatic rings. The van der Waals surface area contributed by atoms with E-state index in [1.807, 2.05) is 13.8 Å². The Kier molecular flexibility index (Phi) is 5.15. The lowest BCUT2D eigenvalue weighted by molar-refractivity contribution is -0.137. The van der Waals surface area contributed by atoms with Gasteiger partial charge in [-0.05, 0) is 19.4 Å². The van der Waals surface area contributed by atoms with Crippen LogP contribution in [0.15, 0.2) is 10.5 Å². The highest BCUT2D eigenvalue weighted by Gasteiger charge is 2.19. The molecule has 0 unspecified atom stereocenters. The summed E-state index contributed by atoms with van der Waals surface area (Å²) in [6, 6.07) is 1.77. The smallest absolute Gasteiger partial charge is 0.303 e. The average Bonchev–Trinajstić information content (AvgIpc) is 2.70.